The number of carboxylic acid groups (broad SMARTS) is 3. The molecule has 0 bridgehead atoms. The van der Waals surface area contributed by atoms with E-state index in [0.717, 1.165) is 0 Å². The van der Waals surface area contributed by atoms with E-state index in [0.29, 0.717) is 115 Å². The first kappa shape index (κ1) is 64.6. The first-order chi connectivity index (χ1) is 41.4. The Morgan fingerprint density at radius 3 is 0.805 bits per heavy atom. The summed E-state index contributed by atoms with van der Waals surface area (Å²) in [6, 6.07) is 35.1. The third kappa shape index (κ3) is 15.5. The summed E-state index contributed by atoms with van der Waals surface area (Å²) in [5.41, 5.74) is 6.48. The molecule has 0 saturated carbocycles. The molecule has 3 aromatic heterocycles. The molecule has 0 atom stereocenters. The molecule has 21 nitrogen and oxygen atoms in total. The van der Waals surface area contributed by atoms with Gasteiger partial charge in [-0.05, 0) is 165 Å². The van der Waals surface area contributed by atoms with Crippen LogP contribution in [0.15, 0.2) is 127 Å². The fourth-order valence-electron chi connectivity index (χ4n) is 9.40. The number of hydrogen-bond acceptors (Lipinski definition) is 15. The monoisotopic (exact) mass is 1250 g/mol. The molecule has 87 heavy (non-hydrogen) atoms. The maximum atomic E-state index is 13.2. The van der Waals surface area contributed by atoms with E-state index in [1.54, 1.807) is 148 Å². The highest BCUT2D eigenvalue weighted by Crippen LogP contribution is 2.34. The van der Waals surface area contributed by atoms with Gasteiger partial charge in [0, 0.05) is 65.0 Å². The van der Waals surface area contributed by atoms with Crippen LogP contribution in [0.5, 0.6) is 17.2 Å². The SMILES string of the molecule is COc1ccc2c(c1)c(CC(=O)OCC(=O)O)c(C)n2C(=O)c1ccc(Cl)cc1.COc1ccc2c(c1)c(CC(=O)OCC(=O)O)c(C)n2C(=O)c1ccc(Cl)cc1.COc1ccc2c(c1)c(CC(=O)OCC(=O)O)c(C)n2C(=O)c1ccc(Cl)cc1. The normalized spacial score (nSPS) is 10.7. The molecule has 0 aliphatic heterocycles. The predicted molar refractivity (Wildman–Crippen MR) is 320 cm³/mol. The molecule has 0 aliphatic carbocycles. The third-order valence-corrected chi connectivity index (χ3v) is 14.3. The van der Waals surface area contributed by atoms with Crippen molar-refractivity contribution >= 4 is 121 Å². The molecule has 0 saturated heterocycles. The fourth-order valence-corrected chi connectivity index (χ4v) is 9.78. The Balaban J connectivity index is 0.000000186. The summed E-state index contributed by atoms with van der Waals surface area (Å²) >= 11 is 17.7. The van der Waals surface area contributed by atoms with Gasteiger partial charge in [0.15, 0.2) is 19.8 Å². The van der Waals surface area contributed by atoms with Crippen molar-refractivity contribution in [1.29, 1.82) is 0 Å². The molecule has 3 N–H and O–H groups in total. The summed E-state index contributed by atoms with van der Waals surface area (Å²) < 4.78 is 34.6. The van der Waals surface area contributed by atoms with Crippen LogP contribution >= 0.6 is 34.8 Å². The molecule has 450 valence electrons. The minimum Gasteiger partial charge on any atom is -0.497 e. The number of carboxylic acids is 3. The van der Waals surface area contributed by atoms with E-state index >= 15 is 0 Å². The van der Waals surface area contributed by atoms with Gasteiger partial charge in [0.2, 0.25) is 0 Å². The maximum absolute atomic E-state index is 13.2. The van der Waals surface area contributed by atoms with Gasteiger partial charge in [0.25, 0.3) is 17.7 Å². The molecule has 0 unspecified atom stereocenters. The Hall–Kier alpha value is -9.96. The van der Waals surface area contributed by atoms with Gasteiger partial charge in [-0.15, -0.1) is 0 Å². The number of nitrogens with zero attached hydrogens (tertiary/aromatic N) is 3. The van der Waals surface area contributed by atoms with Gasteiger partial charge in [-0.2, -0.15) is 0 Å². The van der Waals surface area contributed by atoms with Gasteiger partial charge in [-0.3, -0.25) is 42.5 Å². The van der Waals surface area contributed by atoms with Gasteiger partial charge in [0.05, 0.1) is 57.1 Å². The van der Waals surface area contributed by atoms with E-state index in [2.05, 4.69) is 0 Å². The summed E-state index contributed by atoms with van der Waals surface area (Å²) in [6.45, 7) is 3.01. The number of halogens is 3. The molecular weight excluding hydrogens is 1190 g/mol. The minimum atomic E-state index is -1.24. The lowest BCUT2D eigenvalue weighted by Gasteiger charge is -2.08. The van der Waals surface area contributed by atoms with Crippen molar-refractivity contribution in [2.24, 2.45) is 0 Å². The van der Waals surface area contributed by atoms with Crippen LogP contribution in [-0.2, 0) is 62.2 Å². The van der Waals surface area contributed by atoms with Gasteiger partial charge in [-0.25, -0.2) is 14.4 Å². The number of aliphatic carboxylic acids is 3. The number of rotatable bonds is 18. The molecule has 0 aliphatic rings. The van der Waals surface area contributed by atoms with Crippen LogP contribution in [0.1, 0.15) is 64.8 Å². The number of methoxy groups -OCH3 is 3. The summed E-state index contributed by atoms with van der Waals surface area (Å²) in [4.78, 5) is 108. The van der Waals surface area contributed by atoms with Crippen LogP contribution < -0.4 is 14.2 Å². The Kier molecular flexibility index (Phi) is 21.3. The van der Waals surface area contributed by atoms with Crippen molar-refractivity contribution in [3.8, 4) is 17.2 Å². The quantitative estimate of drug-likeness (QED) is 0.0531. The molecule has 9 aromatic rings. The zero-order valence-corrected chi connectivity index (χ0v) is 49.6. The Morgan fingerprint density at radius 2 is 0.598 bits per heavy atom. The highest BCUT2D eigenvalue weighted by atomic mass is 35.5. The second-order valence-electron chi connectivity index (χ2n) is 19.0. The van der Waals surface area contributed by atoms with Crippen LogP contribution in [0.3, 0.4) is 0 Å². The predicted octanol–water partition coefficient (Wildman–Crippen LogP) is 10.4. The third-order valence-electron chi connectivity index (χ3n) is 13.5. The van der Waals surface area contributed by atoms with E-state index in [-0.39, 0.29) is 37.0 Å². The molecule has 9 rings (SSSR count). The summed E-state index contributed by atoms with van der Waals surface area (Å²) in [6.07, 6.45) is -0.531. The highest BCUT2D eigenvalue weighted by molar-refractivity contribution is 6.31. The van der Waals surface area contributed by atoms with Crippen LogP contribution in [-0.4, -0.2) is 124 Å². The second kappa shape index (κ2) is 28.7. The lowest BCUT2D eigenvalue weighted by Crippen LogP contribution is -2.16. The average molecular weight is 1250 g/mol. The zero-order valence-electron chi connectivity index (χ0n) is 47.3. The number of esters is 3. The fraction of sp³-hybridized carbons (Fsp3) is 0.190. The molecule has 0 spiro atoms. The van der Waals surface area contributed by atoms with Crippen molar-refractivity contribution in [3.05, 3.63) is 193 Å². The van der Waals surface area contributed by atoms with Crippen molar-refractivity contribution in [1.82, 2.24) is 13.7 Å². The molecule has 24 heteroatoms. The van der Waals surface area contributed by atoms with Crippen molar-refractivity contribution in [2.45, 2.75) is 40.0 Å². The van der Waals surface area contributed by atoms with E-state index in [4.69, 9.17) is 78.5 Å². The van der Waals surface area contributed by atoms with Crippen LogP contribution in [0, 0.1) is 20.8 Å². The summed E-state index contributed by atoms with van der Waals surface area (Å²) in [5, 5.41) is 29.6. The number of ether oxygens (including phenoxy) is 6. The maximum Gasteiger partial charge on any atom is 0.341 e. The first-order valence-corrected chi connectivity index (χ1v) is 27.1. The van der Waals surface area contributed by atoms with Crippen LogP contribution in [0.2, 0.25) is 15.1 Å². The largest absolute Gasteiger partial charge is 0.497 e. The number of aromatic nitrogens is 3. The van der Waals surface area contributed by atoms with Crippen molar-refractivity contribution in [3.63, 3.8) is 0 Å². The highest BCUT2D eigenvalue weighted by Gasteiger charge is 2.26. The van der Waals surface area contributed by atoms with Gasteiger partial charge in [0.1, 0.15) is 17.2 Å². The van der Waals surface area contributed by atoms with E-state index in [1.807, 2.05) is 0 Å². The molecule has 3 heterocycles. The van der Waals surface area contributed by atoms with Gasteiger partial charge in [-0.1, -0.05) is 34.8 Å². The zero-order chi connectivity index (χ0) is 63.4. The minimum absolute atomic E-state index is 0.177. The van der Waals surface area contributed by atoms with E-state index in [1.165, 1.54) is 35.0 Å². The van der Waals surface area contributed by atoms with Gasteiger partial charge < -0.3 is 43.7 Å². The lowest BCUT2D eigenvalue weighted by molar-refractivity contribution is -0.154. The topological polar surface area (TPSA) is 284 Å². The lowest BCUT2D eigenvalue weighted by atomic mass is 10.1. The Labute approximate surface area is 510 Å². The first-order valence-electron chi connectivity index (χ1n) is 26.0. The Morgan fingerprint density at radius 1 is 0.368 bits per heavy atom. The van der Waals surface area contributed by atoms with Crippen LogP contribution in [0.4, 0.5) is 0 Å². The standard InChI is InChI=1S/3C21H18ClNO6/c3*1-12-16(10-20(26)29-11-19(24)25)17-9-15(28-2)7-8-18(17)23(12)21(27)13-3-5-14(22)6-4-13/h3*3-9H,10-11H2,1-2H3,(H,24,25). The number of benzene rings is 6. The molecule has 0 fully saturated rings. The van der Waals surface area contributed by atoms with E-state index < -0.39 is 55.6 Å². The number of fused-ring (bicyclic) bond motifs is 3. The number of carbonyl (C=O) groups excluding carboxylic acids is 6. The second-order valence-corrected chi connectivity index (χ2v) is 20.3. The summed E-state index contributed by atoms with van der Waals surface area (Å²) in [7, 11) is 4.56. The van der Waals surface area contributed by atoms with Crippen molar-refractivity contribution in [2.75, 3.05) is 41.2 Å². The molecular formula is C63H54Cl3N3O18. The average Bonchev–Trinajstić information content (AvgIpc) is 2.87. The molecule has 0 radical (unpaired) electrons. The Bertz CT molecular complexity index is 3720. The molecule has 6 aromatic carbocycles. The van der Waals surface area contributed by atoms with Gasteiger partial charge >= 0.3 is 35.8 Å². The number of hydrogen-bond donors (Lipinski definition) is 3. The summed E-state index contributed by atoms with van der Waals surface area (Å²) in [5.74, 6) is -4.95. The smallest absolute Gasteiger partial charge is 0.341 e. The van der Waals surface area contributed by atoms with Crippen LogP contribution in [0.25, 0.3) is 32.7 Å². The molecule has 0 amide bonds. The number of carbonyl (C=O) groups is 9. The van der Waals surface area contributed by atoms with E-state index in [9.17, 15) is 43.2 Å². The van der Waals surface area contributed by atoms with Crippen molar-refractivity contribution < 1.29 is 86.9 Å².